The molecule has 2 aliphatic heterocycles. The molecule has 4 rings (SSSR count). The predicted molar refractivity (Wildman–Crippen MR) is 134 cm³/mol. The van der Waals surface area contributed by atoms with E-state index in [2.05, 4.69) is 12.1 Å². The summed E-state index contributed by atoms with van der Waals surface area (Å²) in [6.45, 7) is 5.22. The summed E-state index contributed by atoms with van der Waals surface area (Å²) in [5.74, 6) is 1.02. The largest absolute Gasteiger partial charge is 0.497 e. The van der Waals surface area contributed by atoms with E-state index in [0.717, 1.165) is 37.1 Å². The standard InChI is InChI=1S/C26H35N3O5S/c1-4-22-7-5-6-16-29(22)26(30)21-14-17-28(18-15-21)35(31,32)25-19(2)27-34-24(25)13-10-20-8-11-23(33-3)12-9-20/h8-13,21-22H,4-7,14-18H2,1-3H3/b13-10-. The van der Waals surface area contributed by atoms with Gasteiger partial charge in [-0.25, -0.2) is 8.42 Å². The van der Waals surface area contributed by atoms with Crippen LogP contribution in [0.25, 0.3) is 12.2 Å². The summed E-state index contributed by atoms with van der Waals surface area (Å²) in [5.41, 5.74) is 1.21. The van der Waals surface area contributed by atoms with Crippen LogP contribution in [-0.2, 0) is 14.8 Å². The Morgan fingerprint density at radius 1 is 1.11 bits per heavy atom. The van der Waals surface area contributed by atoms with Crippen molar-refractivity contribution in [2.24, 2.45) is 5.92 Å². The van der Waals surface area contributed by atoms with Crippen LogP contribution in [0, 0.1) is 12.8 Å². The van der Waals surface area contributed by atoms with Gasteiger partial charge in [0.2, 0.25) is 15.9 Å². The lowest BCUT2D eigenvalue weighted by Gasteiger charge is -2.39. The Hall–Kier alpha value is -2.65. The molecule has 1 aromatic heterocycles. The third-order valence-corrected chi connectivity index (χ3v) is 9.22. The Kier molecular flexibility index (Phi) is 7.96. The van der Waals surface area contributed by atoms with Gasteiger partial charge >= 0.3 is 0 Å². The highest BCUT2D eigenvalue weighted by Gasteiger charge is 2.38. The maximum absolute atomic E-state index is 13.5. The van der Waals surface area contributed by atoms with Crippen molar-refractivity contribution in [1.29, 1.82) is 0 Å². The second-order valence-corrected chi connectivity index (χ2v) is 11.2. The molecule has 2 aliphatic rings. The monoisotopic (exact) mass is 501 g/mol. The average molecular weight is 502 g/mol. The Morgan fingerprint density at radius 2 is 1.83 bits per heavy atom. The summed E-state index contributed by atoms with van der Waals surface area (Å²) >= 11 is 0. The minimum Gasteiger partial charge on any atom is -0.497 e. The average Bonchev–Trinajstić information content (AvgIpc) is 3.28. The first kappa shape index (κ1) is 25.4. The second kappa shape index (κ2) is 11.0. The number of amides is 1. The number of hydrogen-bond donors (Lipinski definition) is 0. The molecule has 2 aromatic rings. The number of piperidine rings is 2. The van der Waals surface area contributed by atoms with Gasteiger partial charge in [0.1, 0.15) is 11.4 Å². The molecule has 9 heteroatoms. The lowest BCUT2D eigenvalue weighted by molar-refractivity contribution is -0.140. The molecule has 0 N–H and O–H groups in total. The lowest BCUT2D eigenvalue weighted by atomic mass is 9.92. The summed E-state index contributed by atoms with van der Waals surface area (Å²) in [6.07, 6.45) is 8.74. The van der Waals surface area contributed by atoms with Crippen molar-refractivity contribution < 1.29 is 22.5 Å². The fourth-order valence-corrected chi connectivity index (χ4v) is 6.83. The number of ether oxygens (including phenoxy) is 1. The molecule has 0 aliphatic carbocycles. The number of carbonyl (C=O) groups is 1. The van der Waals surface area contributed by atoms with Crippen LogP contribution < -0.4 is 4.74 Å². The van der Waals surface area contributed by atoms with Crippen LogP contribution in [0.1, 0.15) is 62.5 Å². The number of aromatic nitrogens is 1. The van der Waals surface area contributed by atoms with Crippen LogP contribution in [-0.4, -0.2) is 61.5 Å². The fraction of sp³-hybridized carbons (Fsp3) is 0.538. The fourth-order valence-electron chi connectivity index (χ4n) is 5.11. The first-order valence-electron chi connectivity index (χ1n) is 12.4. The zero-order valence-electron chi connectivity index (χ0n) is 20.8. The number of likely N-dealkylation sites (tertiary alicyclic amines) is 1. The van der Waals surface area contributed by atoms with Crippen molar-refractivity contribution in [3.05, 3.63) is 41.3 Å². The second-order valence-electron chi connectivity index (χ2n) is 9.34. The number of aryl methyl sites for hydroxylation is 1. The highest BCUT2D eigenvalue weighted by atomic mass is 32.2. The van der Waals surface area contributed by atoms with Crippen molar-refractivity contribution >= 4 is 28.1 Å². The molecule has 0 bridgehead atoms. The molecule has 3 heterocycles. The van der Waals surface area contributed by atoms with Crippen LogP contribution in [0.5, 0.6) is 5.75 Å². The van der Waals surface area contributed by atoms with E-state index in [1.54, 1.807) is 26.2 Å². The van der Waals surface area contributed by atoms with Crippen molar-refractivity contribution in [1.82, 2.24) is 14.4 Å². The van der Waals surface area contributed by atoms with Crippen molar-refractivity contribution in [3.63, 3.8) is 0 Å². The third-order valence-electron chi connectivity index (χ3n) is 7.16. The molecule has 1 unspecified atom stereocenters. The van der Waals surface area contributed by atoms with Crippen LogP contribution >= 0.6 is 0 Å². The Balaban J connectivity index is 1.45. The molecule has 0 radical (unpaired) electrons. The van der Waals surface area contributed by atoms with Crippen LogP contribution in [0.3, 0.4) is 0 Å². The quantitative estimate of drug-likeness (QED) is 0.560. The van der Waals surface area contributed by atoms with E-state index >= 15 is 0 Å². The maximum atomic E-state index is 13.5. The van der Waals surface area contributed by atoms with Gasteiger partial charge in [-0.2, -0.15) is 4.31 Å². The lowest BCUT2D eigenvalue weighted by Crippen LogP contribution is -2.49. The molecular weight excluding hydrogens is 466 g/mol. The normalized spacial score (nSPS) is 20.4. The van der Waals surface area contributed by atoms with Crippen molar-refractivity contribution in [3.8, 4) is 5.75 Å². The molecule has 0 saturated carbocycles. The summed E-state index contributed by atoms with van der Waals surface area (Å²) in [6, 6.07) is 7.74. The number of carbonyl (C=O) groups excluding carboxylic acids is 1. The molecule has 1 amide bonds. The van der Waals surface area contributed by atoms with Gasteiger partial charge in [0.15, 0.2) is 10.7 Å². The molecule has 2 fully saturated rings. The van der Waals surface area contributed by atoms with Gasteiger partial charge in [-0.15, -0.1) is 0 Å². The van der Waals surface area contributed by atoms with E-state index in [1.807, 2.05) is 29.2 Å². The predicted octanol–water partition coefficient (Wildman–Crippen LogP) is 4.35. The maximum Gasteiger partial charge on any atom is 0.248 e. The highest BCUT2D eigenvalue weighted by Crippen LogP contribution is 2.31. The summed E-state index contributed by atoms with van der Waals surface area (Å²) < 4.78 is 39.1. The van der Waals surface area contributed by atoms with E-state index in [4.69, 9.17) is 9.26 Å². The Bertz CT molecular complexity index is 1150. The number of nitrogens with zero attached hydrogens (tertiary/aromatic N) is 3. The smallest absolute Gasteiger partial charge is 0.248 e. The van der Waals surface area contributed by atoms with Crippen LogP contribution in [0.15, 0.2) is 33.7 Å². The molecule has 1 aromatic carbocycles. The van der Waals surface area contributed by atoms with E-state index in [9.17, 15) is 13.2 Å². The van der Waals surface area contributed by atoms with Gasteiger partial charge in [0, 0.05) is 31.6 Å². The van der Waals surface area contributed by atoms with Gasteiger partial charge < -0.3 is 14.2 Å². The number of hydrogen-bond acceptors (Lipinski definition) is 6. The highest BCUT2D eigenvalue weighted by molar-refractivity contribution is 7.89. The minimum atomic E-state index is -3.80. The van der Waals surface area contributed by atoms with Gasteiger partial charge in [-0.05, 0) is 69.2 Å². The topological polar surface area (TPSA) is 93.0 Å². The SMILES string of the molecule is CCC1CCCCN1C(=O)C1CCN(S(=O)(=O)c2c(C)noc2/C=C\c2ccc(OC)cc2)CC1. The molecule has 2 saturated heterocycles. The number of rotatable bonds is 7. The van der Waals surface area contributed by atoms with E-state index in [0.29, 0.717) is 37.7 Å². The van der Waals surface area contributed by atoms with E-state index < -0.39 is 10.0 Å². The van der Waals surface area contributed by atoms with Gasteiger partial charge in [0.05, 0.1) is 7.11 Å². The van der Waals surface area contributed by atoms with Gasteiger partial charge in [0.25, 0.3) is 0 Å². The summed E-state index contributed by atoms with van der Waals surface area (Å²) in [4.78, 5) is 15.3. The van der Waals surface area contributed by atoms with Gasteiger partial charge in [-0.1, -0.05) is 30.3 Å². The summed E-state index contributed by atoms with van der Waals surface area (Å²) in [5, 5.41) is 3.93. The third kappa shape index (κ3) is 5.46. The number of benzene rings is 1. The van der Waals surface area contributed by atoms with Crippen molar-refractivity contribution in [2.75, 3.05) is 26.7 Å². The Morgan fingerprint density at radius 3 is 2.49 bits per heavy atom. The van der Waals surface area contributed by atoms with E-state index in [-0.39, 0.29) is 22.5 Å². The zero-order valence-corrected chi connectivity index (χ0v) is 21.6. The van der Waals surface area contributed by atoms with E-state index in [1.165, 1.54) is 10.7 Å². The molecule has 1 atom stereocenters. The van der Waals surface area contributed by atoms with Gasteiger partial charge in [-0.3, -0.25) is 4.79 Å². The molecular formula is C26H35N3O5S. The Labute approximate surface area is 208 Å². The molecule has 190 valence electrons. The van der Waals surface area contributed by atoms with Crippen molar-refractivity contribution in [2.45, 2.75) is 63.3 Å². The molecule has 35 heavy (non-hydrogen) atoms. The van der Waals surface area contributed by atoms with Crippen LogP contribution in [0.4, 0.5) is 0 Å². The number of methoxy groups -OCH3 is 1. The zero-order chi connectivity index (χ0) is 25.0. The number of sulfonamides is 1. The minimum absolute atomic E-state index is 0.0918. The molecule has 0 spiro atoms. The summed E-state index contributed by atoms with van der Waals surface area (Å²) in [7, 11) is -2.20. The van der Waals surface area contributed by atoms with Crippen LogP contribution in [0.2, 0.25) is 0 Å². The molecule has 8 nitrogen and oxygen atoms in total. The first-order chi connectivity index (χ1) is 16.8. The first-order valence-corrected chi connectivity index (χ1v) is 13.9.